The fourth-order valence-corrected chi connectivity index (χ4v) is 1.43. The number of nitro groups is 1. The first-order valence-electron chi connectivity index (χ1n) is 5.08. The Kier molecular flexibility index (Phi) is 4.72. The zero-order valence-corrected chi connectivity index (χ0v) is 10.2. The Balaban J connectivity index is 3.34. The van der Waals surface area contributed by atoms with Crippen LogP contribution in [0.1, 0.15) is 0 Å². The van der Waals surface area contributed by atoms with E-state index in [1.54, 1.807) is 0 Å². The molecule has 0 aliphatic rings. The van der Waals surface area contributed by atoms with Crippen molar-refractivity contribution in [1.29, 1.82) is 0 Å². The number of carboxylic acids is 2. The highest BCUT2D eigenvalue weighted by atomic mass is 16.6. The molecule has 0 aliphatic carbocycles. The number of rotatable bonds is 7. The smallest absolute Gasteiger partial charge is 0.372 e. The van der Waals surface area contributed by atoms with Gasteiger partial charge in [-0.15, -0.1) is 0 Å². The molecule has 0 bridgehead atoms. The van der Waals surface area contributed by atoms with Crippen LogP contribution in [0.2, 0.25) is 0 Å². The molecular formula is C9H10N4O7. The average Bonchev–Trinajstić information content (AvgIpc) is 2.35. The molecule has 0 fully saturated rings. The maximum absolute atomic E-state index is 11.0. The lowest BCUT2D eigenvalue weighted by atomic mass is 10.3. The quantitative estimate of drug-likeness (QED) is 0.488. The van der Waals surface area contributed by atoms with E-state index >= 15 is 0 Å². The van der Waals surface area contributed by atoms with E-state index in [0.717, 1.165) is 18.3 Å². The van der Waals surface area contributed by atoms with Gasteiger partial charge in [0.1, 0.15) is 19.4 Å². The van der Waals surface area contributed by atoms with Gasteiger partial charge >= 0.3 is 17.6 Å². The van der Waals surface area contributed by atoms with E-state index in [0.29, 0.717) is 0 Å². The molecule has 1 aromatic heterocycles. The Morgan fingerprint density at radius 3 is 2.30 bits per heavy atom. The van der Waals surface area contributed by atoms with Crippen LogP contribution in [0.5, 0.6) is 5.88 Å². The number of anilines is 1. The minimum absolute atomic E-state index is 0.388. The maximum atomic E-state index is 11.0. The second kappa shape index (κ2) is 6.26. The van der Waals surface area contributed by atoms with Crippen molar-refractivity contribution in [2.75, 3.05) is 25.1 Å². The number of hydrogen-bond acceptors (Lipinski definition) is 8. The van der Waals surface area contributed by atoms with E-state index in [9.17, 15) is 19.7 Å². The van der Waals surface area contributed by atoms with Crippen LogP contribution >= 0.6 is 0 Å². The van der Waals surface area contributed by atoms with E-state index in [-0.39, 0.29) is 5.88 Å². The first kappa shape index (κ1) is 15.1. The fraction of sp³-hybridized carbons (Fsp3) is 0.333. The van der Waals surface area contributed by atoms with Crippen LogP contribution in [0.3, 0.4) is 0 Å². The zero-order chi connectivity index (χ0) is 15.3. The Labute approximate surface area is 111 Å². The summed E-state index contributed by atoms with van der Waals surface area (Å²) in [5.74, 6) is -3.55. The second-order valence-electron chi connectivity index (χ2n) is 3.46. The SMILES string of the molecule is COc1ncnc(N(CC(=O)O)CC(=O)O)c1[N+](=O)[O-]. The maximum Gasteiger partial charge on any atom is 0.372 e. The molecule has 0 atom stereocenters. The summed E-state index contributed by atoms with van der Waals surface area (Å²) >= 11 is 0. The molecule has 0 spiro atoms. The summed E-state index contributed by atoms with van der Waals surface area (Å²) in [6, 6.07) is 0. The monoisotopic (exact) mass is 286 g/mol. The molecule has 11 heteroatoms. The molecule has 0 aromatic carbocycles. The van der Waals surface area contributed by atoms with Crippen molar-refractivity contribution in [2.45, 2.75) is 0 Å². The van der Waals surface area contributed by atoms with Gasteiger partial charge in [0.25, 0.3) is 5.88 Å². The third-order valence-electron chi connectivity index (χ3n) is 2.10. The number of aromatic nitrogens is 2. The molecule has 1 heterocycles. The summed E-state index contributed by atoms with van der Waals surface area (Å²) in [6.45, 7) is -1.54. The minimum atomic E-state index is -1.36. The number of nitrogens with zero attached hydrogens (tertiary/aromatic N) is 4. The predicted octanol–water partition coefficient (Wildman–Crippen LogP) is -0.631. The molecule has 1 rings (SSSR count). The summed E-state index contributed by atoms with van der Waals surface area (Å²) in [6.07, 6.45) is 0.915. The number of carboxylic acid groups (broad SMARTS) is 2. The Morgan fingerprint density at radius 1 is 1.35 bits per heavy atom. The fourth-order valence-electron chi connectivity index (χ4n) is 1.43. The van der Waals surface area contributed by atoms with Crippen molar-refractivity contribution in [1.82, 2.24) is 9.97 Å². The topological polar surface area (TPSA) is 156 Å². The summed E-state index contributed by atoms with van der Waals surface area (Å²) in [5.41, 5.74) is -0.697. The van der Waals surface area contributed by atoms with Gasteiger partial charge in [-0.1, -0.05) is 0 Å². The summed E-state index contributed by atoms with van der Waals surface area (Å²) in [5, 5.41) is 28.5. The number of carbonyl (C=O) groups is 2. The lowest BCUT2D eigenvalue weighted by molar-refractivity contribution is -0.385. The van der Waals surface area contributed by atoms with Crippen molar-refractivity contribution < 1.29 is 29.5 Å². The Morgan fingerprint density at radius 2 is 1.90 bits per heavy atom. The third-order valence-corrected chi connectivity index (χ3v) is 2.10. The van der Waals surface area contributed by atoms with Crippen molar-refractivity contribution >= 4 is 23.4 Å². The van der Waals surface area contributed by atoms with Gasteiger partial charge in [-0.25, -0.2) is 4.98 Å². The van der Waals surface area contributed by atoms with E-state index in [4.69, 9.17) is 14.9 Å². The largest absolute Gasteiger partial charge is 0.480 e. The molecule has 0 aliphatic heterocycles. The van der Waals surface area contributed by atoms with E-state index in [1.165, 1.54) is 0 Å². The summed E-state index contributed by atoms with van der Waals surface area (Å²) in [7, 11) is 1.14. The van der Waals surface area contributed by atoms with Gasteiger partial charge in [0.2, 0.25) is 5.82 Å². The summed E-state index contributed by atoms with van der Waals surface area (Å²) < 4.78 is 4.69. The molecule has 0 saturated heterocycles. The van der Waals surface area contributed by atoms with E-state index in [1.807, 2.05) is 0 Å². The standard InChI is InChI=1S/C9H10N4O7/c1-20-9-7(13(18)19)8(10-4-11-9)12(2-5(14)15)3-6(16)17/h4H,2-3H2,1H3,(H,14,15)(H,16,17). The molecule has 0 radical (unpaired) electrons. The molecule has 1 aromatic rings. The van der Waals surface area contributed by atoms with Crippen LogP contribution in [0, 0.1) is 10.1 Å². The van der Waals surface area contributed by atoms with Crippen LogP contribution in [0.15, 0.2) is 6.33 Å². The second-order valence-corrected chi connectivity index (χ2v) is 3.46. The molecule has 0 saturated carbocycles. The van der Waals surface area contributed by atoms with Crippen molar-refractivity contribution in [2.24, 2.45) is 0 Å². The van der Waals surface area contributed by atoms with Crippen LogP contribution in [0.25, 0.3) is 0 Å². The van der Waals surface area contributed by atoms with Gasteiger partial charge in [0.15, 0.2) is 0 Å². The van der Waals surface area contributed by atoms with Gasteiger partial charge < -0.3 is 19.8 Å². The molecule has 0 amide bonds. The van der Waals surface area contributed by atoms with E-state index < -0.39 is 41.5 Å². The minimum Gasteiger partial charge on any atom is -0.480 e. The lowest BCUT2D eigenvalue weighted by Crippen LogP contribution is -2.35. The van der Waals surface area contributed by atoms with Crippen LogP contribution in [-0.2, 0) is 9.59 Å². The average molecular weight is 286 g/mol. The highest BCUT2D eigenvalue weighted by molar-refractivity contribution is 5.81. The molecule has 108 valence electrons. The first-order valence-corrected chi connectivity index (χ1v) is 5.08. The molecule has 11 nitrogen and oxygen atoms in total. The number of ether oxygens (including phenoxy) is 1. The highest BCUT2D eigenvalue weighted by Crippen LogP contribution is 2.32. The van der Waals surface area contributed by atoms with Crippen molar-refractivity contribution in [3.63, 3.8) is 0 Å². The number of methoxy groups -OCH3 is 1. The van der Waals surface area contributed by atoms with Crippen molar-refractivity contribution in [3.8, 4) is 5.88 Å². The first-order chi connectivity index (χ1) is 9.36. The Bertz CT molecular complexity index is 531. The molecule has 2 N–H and O–H groups in total. The predicted molar refractivity (Wildman–Crippen MR) is 62.7 cm³/mol. The van der Waals surface area contributed by atoms with Crippen molar-refractivity contribution in [3.05, 3.63) is 16.4 Å². The van der Waals surface area contributed by atoms with Gasteiger partial charge in [-0.05, 0) is 0 Å². The lowest BCUT2D eigenvalue weighted by Gasteiger charge is -2.19. The van der Waals surface area contributed by atoms with Gasteiger partial charge in [-0.3, -0.25) is 19.7 Å². The van der Waals surface area contributed by atoms with E-state index in [2.05, 4.69) is 9.97 Å². The molecule has 20 heavy (non-hydrogen) atoms. The van der Waals surface area contributed by atoms with Crippen LogP contribution in [0.4, 0.5) is 11.5 Å². The van der Waals surface area contributed by atoms with Gasteiger partial charge in [0.05, 0.1) is 12.0 Å². The zero-order valence-electron chi connectivity index (χ0n) is 10.2. The molecular weight excluding hydrogens is 276 g/mol. The summed E-state index contributed by atoms with van der Waals surface area (Å²) in [4.78, 5) is 39.4. The van der Waals surface area contributed by atoms with Crippen LogP contribution in [-0.4, -0.2) is 57.2 Å². The highest BCUT2D eigenvalue weighted by Gasteiger charge is 2.29. The van der Waals surface area contributed by atoms with Gasteiger partial charge in [0, 0.05) is 0 Å². The van der Waals surface area contributed by atoms with Gasteiger partial charge in [-0.2, -0.15) is 4.98 Å². The Hall–Kier alpha value is -2.98. The molecule has 0 unspecified atom stereocenters. The number of aliphatic carboxylic acids is 2. The third kappa shape index (κ3) is 3.51. The number of hydrogen-bond donors (Lipinski definition) is 2. The van der Waals surface area contributed by atoms with Crippen LogP contribution < -0.4 is 9.64 Å². The normalized spacial score (nSPS) is 9.85.